The van der Waals surface area contributed by atoms with Crippen molar-refractivity contribution in [1.82, 2.24) is 10.3 Å². The summed E-state index contributed by atoms with van der Waals surface area (Å²) in [5.74, 6) is -0.464. The molecule has 0 spiro atoms. The van der Waals surface area contributed by atoms with Crippen LogP contribution in [0.15, 0.2) is 11.1 Å². The van der Waals surface area contributed by atoms with Crippen LogP contribution in [-0.4, -0.2) is 23.7 Å². The molecule has 0 saturated heterocycles. The van der Waals surface area contributed by atoms with Crippen LogP contribution in [-0.2, 0) is 16.4 Å². The van der Waals surface area contributed by atoms with E-state index in [0.29, 0.717) is 0 Å². The molecule has 1 rings (SSSR count). The van der Waals surface area contributed by atoms with Gasteiger partial charge in [0, 0.05) is 18.2 Å². The molecule has 8 heteroatoms. The third-order valence-corrected chi connectivity index (χ3v) is 3.77. The zero-order valence-electron chi connectivity index (χ0n) is 12.6. The third kappa shape index (κ3) is 4.37. The number of hydrogen-bond donors (Lipinski definition) is 1. The fourth-order valence-electron chi connectivity index (χ4n) is 1.55. The lowest BCUT2D eigenvalue weighted by molar-refractivity contribution is -0.138. The number of nitrogens with zero attached hydrogens (tertiary/aromatic N) is 2. The van der Waals surface area contributed by atoms with Gasteiger partial charge in [-0.25, -0.2) is 4.98 Å². The molecular weight excluding hydrogens is 315 g/mol. The van der Waals surface area contributed by atoms with Gasteiger partial charge in [0.25, 0.3) is 0 Å². The molecule has 0 aliphatic carbocycles. The normalized spacial score (nSPS) is 11.9. The summed E-state index contributed by atoms with van der Waals surface area (Å²) >= 11 is 0.819. The molecule has 0 unspecified atom stereocenters. The van der Waals surface area contributed by atoms with Gasteiger partial charge in [-0.2, -0.15) is 18.4 Å². The smallest absolute Gasteiger partial charge is 0.358 e. The van der Waals surface area contributed by atoms with Gasteiger partial charge in [-0.1, -0.05) is 32.5 Å². The van der Waals surface area contributed by atoms with Crippen LogP contribution in [0.25, 0.3) is 0 Å². The molecule has 4 nitrogen and oxygen atoms in total. The van der Waals surface area contributed by atoms with Gasteiger partial charge in [-0.3, -0.25) is 4.79 Å². The maximum Gasteiger partial charge on any atom is 0.417 e. The number of halogens is 3. The van der Waals surface area contributed by atoms with Crippen LogP contribution in [0.1, 0.15) is 37.6 Å². The highest BCUT2D eigenvalue weighted by molar-refractivity contribution is 8.00. The summed E-state index contributed by atoms with van der Waals surface area (Å²) in [4.78, 5) is 15.4. The Morgan fingerprint density at radius 1 is 1.41 bits per heavy atom. The van der Waals surface area contributed by atoms with Crippen molar-refractivity contribution >= 4 is 17.7 Å². The highest BCUT2D eigenvalue weighted by Gasteiger charge is 2.37. The molecule has 0 fully saturated rings. The maximum absolute atomic E-state index is 13.2. The Bertz CT molecular complexity index is 615. The molecule has 0 bridgehead atoms. The van der Waals surface area contributed by atoms with Gasteiger partial charge in [0.2, 0.25) is 5.91 Å². The zero-order valence-corrected chi connectivity index (χ0v) is 13.4. The number of carbonyl (C=O) groups excluding carboxylic acids is 1. The Kier molecular flexibility index (Phi) is 5.46. The second-order valence-electron chi connectivity index (χ2n) is 5.56. The second-order valence-corrected chi connectivity index (χ2v) is 6.52. The third-order valence-electron chi connectivity index (χ3n) is 2.79. The average Bonchev–Trinajstić information content (AvgIpc) is 2.41. The molecule has 0 saturated carbocycles. The van der Waals surface area contributed by atoms with E-state index < -0.39 is 22.7 Å². The summed E-state index contributed by atoms with van der Waals surface area (Å²) in [6.45, 7) is 5.19. The molecule has 1 heterocycles. The van der Waals surface area contributed by atoms with Gasteiger partial charge in [0.15, 0.2) is 0 Å². The number of nitrogens with one attached hydrogen (secondary N) is 1. The molecule has 1 N–H and O–H groups in total. The van der Waals surface area contributed by atoms with Crippen molar-refractivity contribution in [3.63, 3.8) is 0 Å². The first-order valence-electron chi connectivity index (χ1n) is 6.37. The average molecular weight is 331 g/mol. The van der Waals surface area contributed by atoms with Crippen molar-refractivity contribution in [1.29, 1.82) is 5.26 Å². The number of rotatable bonds is 3. The molecule has 0 aromatic carbocycles. The number of alkyl halides is 3. The minimum Gasteiger partial charge on any atom is -0.358 e. The molecule has 120 valence electrons. The summed E-state index contributed by atoms with van der Waals surface area (Å²) < 4.78 is 39.5. The largest absolute Gasteiger partial charge is 0.417 e. The molecule has 0 atom stereocenters. The van der Waals surface area contributed by atoms with Crippen LogP contribution in [0.3, 0.4) is 0 Å². The summed E-state index contributed by atoms with van der Waals surface area (Å²) in [5.41, 5.74) is -1.96. The molecule has 0 radical (unpaired) electrons. The number of nitriles is 1. The zero-order chi connectivity index (χ0) is 17.1. The van der Waals surface area contributed by atoms with Gasteiger partial charge in [-0.15, -0.1) is 0 Å². The first kappa shape index (κ1) is 18.3. The summed E-state index contributed by atoms with van der Waals surface area (Å²) in [6.07, 6.45) is -4.66. The predicted octanol–water partition coefficient (Wildman–Crippen LogP) is 3.11. The molecule has 1 aromatic rings. The van der Waals surface area contributed by atoms with Crippen LogP contribution in [0, 0.1) is 11.3 Å². The fourth-order valence-corrected chi connectivity index (χ4v) is 2.42. The van der Waals surface area contributed by atoms with E-state index in [1.165, 1.54) is 7.05 Å². The second kappa shape index (κ2) is 6.57. The molecule has 22 heavy (non-hydrogen) atoms. The van der Waals surface area contributed by atoms with Crippen molar-refractivity contribution < 1.29 is 18.0 Å². The van der Waals surface area contributed by atoms with Crippen LogP contribution in [0.4, 0.5) is 13.2 Å². The van der Waals surface area contributed by atoms with Crippen molar-refractivity contribution in [2.75, 3.05) is 12.8 Å². The number of aromatic nitrogens is 1. The van der Waals surface area contributed by atoms with Gasteiger partial charge in [0.1, 0.15) is 11.1 Å². The lowest BCUT2D eigenvalue weighted by atomic mass is 9.90. The van der Waals surface area contributed by atoms with E-state index in [0.717, 1.165) is 17.8 Å². The predicted molar refractivity (Wildman–Crippen MR) is 77.4 cm³/mol. The van der Waals surface area contributed by atoms with Gasteiger partial charge in [-0.05, 0) is 6.07 Å². The van der Waals surface area contributed by atoms with E-state index in [2.05, 4.69) is 10.3 Å². The van der Waals surface area contributed by atoms with E-state index in [4.69, 9.17) is 5.26 Å². The van der Waals surface area contributed by atoms with E-state index >= 15 is 0 Å². The SMILES string of the molecule is CNC(=O)CSc1nc(C(C)(C)C)cc(C(F)(F)F)c1C#N. The van der Waals surface area contributed by atoms with Gasteiger partial charge >= 0.3 is 6.18 Å². The quantitative estimate of drug-likeness (QED) is 0.864. The van der Waals surface area contributed by atoms with Crippen LogP contribution in [0.5, 0.6) is 0 Å². The van der Waals surface area contributed by atoms with Gasteiger partial charge in [0.05, 0.1) is 16.9 Å². The summed E-state index contributed by atoms with van der Waals surface area (Å²) in [7, 11) is 1.42. The van der Waals surface area contributed by atoms with Gasteiger partial charge < -0.3 is 5.32 Å². The standard InChI is InChI=1S/C14H16F3N3OS/c1-13(2,3)10-5-9(14(15,16)17)8(6-18)12(20-10)22-7-11(21)19-4/h5H,7H2,1-4H3,(H,19,21). The topological polar surface area (TPSA) is 65.8 Å². The van der Waals surface area contributed by atoms with Crippen molar-refractivity contribution in [3.8, 4) is 6.07 Å². The summed E-state index contributed by atoms with van der Waals surface area (Å²) in [5, 5.41) is 11.4. The Balaban J connectivity index is 3.46. The number of carbonyl (C=O) groups is 1. The Morgan fingerprint density at radius 3 is 2.41 bits per heavy atom. The first-order valence-corrected chi connectivity index (χ1v) is 7.35. The summed E-state index contributed by atoms with van der Waals surface area (Å²) in [6, 6.07) is 2.46. The minimum atomic E-state index is -4.66. The Morgan fingerprint density at radius 2 is 2.00 bits per heavy atom. The fraction of sp³-hybridized carbons (Fsp3) is 0.500. The van der Waals surface area contributed by atoms with Crippen molar-refractivity contribution in [2.45, 2.75) is 37.4 Å². The monoisotopic (exact) mass is 331 g/mol. The highest BCUT2D eigenvalue weighted by Crippen LogP contribution is 2.37. The van der Waals surface area contributed by atoms with E-state index in [1.54, 1.807) is 26.8 Å². The van der Waals surface area contributed by atoms with Crippen LogP contribution < -0.4 is 5.32 Å². The molecule has 0 aliphatic heterocycles. The van der Waals surface area contributed by atoms with E-state index in [9.17, 15) is 18.0 Å². The number of amides is 1. The first-order chi connectivity index (χ1) is 10.0. The van der Waals surface area contributed by atoms with Crippen molar-refractivity contribution in [2.24, 2.45) is 0 Å². The number of hydrogen-bond acceptors (Lipinski definition) is 4. The van der Waals surface area contributed by atoms with Crippen LogP contribution >= 0.6 is 11.8 Å². The maximum atomic E-state index is 13.2. The number of thioether (sulfide) groups is 1. The van der Waals surface area contributed by atoms with E-state index in [1.807, 2.05) is 0 Å². The molecular formula is C14H16F3N3OS. The molecule has 0 aliphatic rings. The Hall–Kier alpha value is -1.75. The lowest BCUT2D eigenvalue weighted by Gasteiger charge is -2.21. The van der Waals surface area contributed by atoms with E-state index in [-0.39, 0.29) is 22.4 Å². The Labute approximate surface area is 131 Å². The van der Waals surface area contributed by atoms with Crippen LogP contribution in [0.2, 0.25) is 0 Å². The lowest BCUT2D eigenvalue weighted by Crippen LogP contribution is -2.21. The number of pyridine rings is 1. The van der Waals surface area contributed by atoms with Crippen molar-refractivity contribution in [3.05, 3.63) is 22.9 Å². The molecule has 1 amide bonds. The molecule has 1 aromatic heterocycles. The minimum absolute atomic E-state index is 0.0779. The highest BCUT2D eigenvalue weighted by atomic mass is 32.2.